The quantitative estimate of drug-likeness (QED) is 0.247. The summed E-state index contributed by atoms with van der Waals surface area (Å²) in [4.78, 5) is 19.8. The Bertz CT molecular complexity index is 1400. The summed E-state index contributed by atoms with van der Waals surface area (Å²) >= 11 is 0. The summed E-state index contributed by atoms with van der Waals surface area (Å²) in [5, 5.41) is 2.76. The zero-order chi connectivity index (χ0) is 25.9. The van der Waals surface area contributed by atoms with E-state index in [1.165, 1.54) is 31.4 Å². The lowest BCUT2D eigenvalue weighted by Gasteiger charge is -2.26. The number of furan rings is 1. The van der Waals surface area contributed by atoms with Crippen LogP contribution in [0.3, 0.4) is 0 Å². The number of hydrogen-bond acceptors (Lipinski definition) is 5. The molecule has 2 aromatic heterocycles. The number of fused-ring (bicyclic) bond motifs is 1. The number of piperidine rings is 1. The van der Waals surface area contributed by atoms with Gasteiger partial charge in [-0.15, -0.1) is 0 Å². The molecule has 0 bridgehead atoms. The van der Waals surface area contributed by atoms with Crippen LogP contribution >= 0.6 is 0 Å². The maximum atomic E-state index is 13.8. The third-order valence-electron chi connectivity index (χ3n) is 6.28. The van der Waals surface area contributed by atoms with Gasteiger partial charge in [0.15, 0.2) is 23.1 Å². The monoisotopic (exact) mass is 516 g/mol. The molecule has 3 heterocycles. The van der Waals surface area contributed by atoms with Crippen molar-refractivity contribution in [1.82, 2.24) is 14.5 Å². The van der Waals surface area contributed by atoms with Crippen LogP contribution in [0, 0.1) is 23.3 Å². The Morgan fingerprint density at radius 2 is 1.70 bits per heavy atom. The third-order valence-corrected chi connectivity index (χ3v) is 6.28. The van der Waals surface area contributed by atoms with Crippen LogP contribution in [-0.2, 0) is 13.2 Å². The number of benzene rings is 2. The lowest BCUT2D eigenvalue weighted by atomic mass is 10.1. The lowest BCUT2D eigenvalue weighted by molar-refractivity contribution is 0.0991. The van der Waals surface area contributed by atoms with Crippen molar-refractivity contribution >= 4 is 22.9 Å². The van der Waals surface area contributed by atoms with E-state index in [1.807, 2.05) is 28.8 Å². The highest BCUT2D eigenvalue weighted by Gasteiger charge is 2.22. The molecular formula is C26H24F4N4O3. The fourth-order valence-electron chi connectivity index (χ4n) is 4.38. The number of likely N-dealkylation sites (tertiary alicyclic amines) is 1. The Morgan fingerprint density at radius 1 is 0.973 bits per heavy atom. The Hall–Kier alpha value is -3.86. The van der Waals surface area contributed by atoms with E-state index >= 15 is 0 Å². The van der Waals surface area contributed by atoms with E-state index in [0.29, 0.717) is 12.5 Å². The SMILES string of the molecule is O=C(Nc1nc2ccccc2n1CCN1CCCCC1)c1ccc(COc2c(F)c(F)cc(F)c2F)o1. The van der Waals surface area contributed by atoms with E-state index in [2.05, 4.69) is 15.2 Å². The Kier molecular flexibility index (Phi) is 7.13. The van der Waals surface area contributed by atoms with Crippen LogP contribution in [0.1, 0.15) is 35.6 Å². The van der Waals surface area contributed by atoms with Gasteiger partial charge >= 0.3 is 0 Å². The van der Waals surface area contributed by atoms with Crippen LogP contribution in [0.15, 0.2) is 46.9 Å². The molecule has 0 saturated carbocycles. The van der Waals surface area contributed by atoms with Crippen LogP contribution in [0.5, 0.6) is 5.75 Å². The summed E-state index contributed by atoms with van der Waals surface area (Å²) in [6.45, 7) is 2.98. The summed E-state index contributed by atoms with van der Waals surface area (Å²) < 4.78 is 66.7. The number of para-hydroxylation sites is 2. The predicted octanol–water partition coefficient (Wildman–Crippen LogP) is 5.50. The van der Waals surface area contributed by atoms with Crippen molar-refractivity contribution in [2.45, 2.75) is 32.4 Å². The van der Waals surface area contributed by atoms with E-state index < -0.39 is 41.5 Å². The van der Waals surface area contributed by atoms with E-state index in [1.54, 1.807) is 0 Å². The summed E-state index contributed by atoms with van der Waals surface area (Å²) in [6.07, 6.45) is 3.59. The molecule has 1 aliphatic rings. The summed E-state index contributed by atoms with van der Waals surface area (Å²) in [7, 11) is 0. The first-order valence-corrected chi connectivity index (χ1v) is 11.9. The Labute approximate surface area is 209 Å². The number of halogens is 4. The van der Waals surface area contributed by atoms with Crippen LogP contribution in [-0.4, -0.2) is 40.0 Å². The molecule has 1 N–H and O–H groups in total. The molecule has 1 aliphatic heterocycles. The summed E-state index contributed by atoms with van der Waals surface area (Å²) in [5.74, 6) is -8.01. The average molecular weight is 516 g/mol. The van der Waals surface area contributed by atoms with E-state index in [0.717, 1.165) is 30.7 Å². The van der Waals surface area contributed by atoms with Crippen LogP contribution < -0.4 is 10.1 Å². The molecule has 4 aromatic rings. The molecule has 1 amide bonds. The van der Waals surface area contributed by atoms with Crippen molar-refractivity contribution in [3.05, 3.63) is 77.3 Å². The molecule has 1 saturated heterocycles. The first-order valence-electron chi connectivity index (χ1n) is 11.9. The first kappa shape index (κ1) is 24.8. The van der Waals surface area contributed by atoms with Gasteiger partial charge in [0.05, 0.1) is 11.0 Å². The smallest absolute Gasteiger partial charge is 0.293 e. The van der Waals surface area contributed by atoms with Crippen LogP contribution in [0.4, 0.5) is 23.5 Å². The number of rotatable bonds is 8. The Morgan fingerprint density at radius 3 is 2.46 bits per heavy atom. The van der Waals surface area contributed by atoms with Gasteiger partial charge in [0.25, 0.3) is 5.91 Å². The van der Waals surface area contributed by atoms with Crippen molar-refractivity contribution in [2.75, 3.05) is 25.0 Å². The third kappa shape index (κ3) is 5.31. The zero-order valence-electron chi connectivity index (χ0n) is 19.8. The van der Waals surface area contributed by atoms with Gasteiger partial charge < -0.3 is 18.6 Å². The highest BCUT2D eigenvalue weighted by atomic mass is 19.2. The van der Waals surface area contributed by atoms with Crippen LogP contribution in [0.2, 0.25) is 0 Å². The molecule has 11 heteroatoms. The number of ether oxygens (including phenoxy) is 1. The average Bonchev–Trinajstić information content (AvgIpc) is 3.51. The van der Waals surface area contributed by atoms with Gasteiger partial charge in [-0.3, -0.25) is 10.1 Å². The minimum absolute atomic E-state index is 0.0206. The molecule has 0 aliphatic carbocycles. The van der Waals surface area contributed by atoms with E-state index in [-0.39, 0.29) is 17.6 Å². The van der Waals surface area contributed by atoms with Gasteiger partial charge in [-0.25, -0.2) is 13.8 Å². The van der Waals surface area contributed by atoms with Crippen molar-refractivity contribution in [1.29, 1.82) is 0 Å². The molecule has 0 atom stereocenters. The molecule has 0 radical (unpaired) electrons. The van der Waals surface area contributed by atoms with Gasteiger partial charge in [-0.2, -0.15) is 8.78 Å². The molecular weight excluding hydrogens is 492 g/mol. The molecule has 194 valence electrons. The maximum Gasteiger partial charge on any atom is 0.293 e. The molecule has 5 rings (SSSR count). The molecule has 0 unspecified atom stereocenters. The van der Waals surface area contributed by atoms with Gasteiger partial charge in [-0.05, 0) is 50.2 Å². The predicted molar refractivity (Wildman–Crippen MR) is 127 cm³/mol. The maximum absolute atomic E-state index is 13.8. The molecule has 0 spiro atoms. The van der Waals surface area contributed by atoms with E-state index in [9.17, 15) is 22.4 Å². The van der Waals surface area contributed by atoms with Crippen molar-refractivity contribution in [3.8, 4) is 5.75 Å². The van der Waals surface area contributed by atoms with Gasteiger partial charge in [0.1, 0.15) is 12.4 Å². The fraction of sp³-hybridized carbons (Fsp3) is 0.308. The number of anilines is 1. The normalized spacial score (nSPS) is 14.3. The molecule has 1 fully saturated rings. The number of nitrogens with one attached hydrogen (secondary N) is 1. The van der Waals surface area contributed by atoms with Crippen LogP contribution in [0.25, 0.3) is 11.0 Å². The summed E-state index contributed by atoms with van der Waals surface area (Å²) in [6, 6.07) is 10.4. The fourth-order valence-corrected chi connectivity index (χ4v) is 4.38. The largest absolute Gasteiger partial charge is 0.479 e. The van der Waals surface area contributed by atoms with Gasteiger partial charge in [0, 0.05) is 19.2 Å². The molecule has 2 aromatic carbocycles. The molecule has 7 nitrogen and oxygen atoms in total. The number of nitrogens with zero attached hydrogens (tertiary/aromatic N) is 3. The standard InChI is InChI=1S/C26H24F4N4O3/c27-17-14-18(28)23(30)24(22(17)29)36-15-16-8-9-21(37-16)25(35)32-26-31-19-6-2-3-7-20(19)34(26)13-12-33-10-4-1-5-11-33/h2-3,6-9,14H,1,4-5,10-13,15H2,(H,31,32,35). The zero-order valence-corrected chi connectivity index (χ0v) is 19.8. The number of carbonyl (C=O) groups is 1. The lowest BCUT2D eigenvalue weighted by Crippen LogP contribution is -2.32. The minimum Gasteiger partial charge on any atom is -0.479 e. The first-order chi connectivity index (χ1) is 17.9. The summed E-state index contributed by atoms with van der Waals surface area (Å²) in [5.41, 5.74) is 1.62. The second-order valence-corrected chi connectivity index (χ2v) is 8.78. The van der Waals surface area contributed by atoms with Crippen molar-refractivity contribution in [3.63, 3.8) is 0 Å². The Balaban J connectivity index is 1.29. The number of hydrogen-bond donors (Lipinski definition) is 1. The highest BCUT2D eigenvalue weighted by Crippen LogP contribution is 2.27. The van der Waals surface area contributed by atoms with E-state index in [4.69, 9.17) is 9.15 Å². The van der Waals surface area contributed by atoms with Crippen molar-refractivity contribution < 1.29 is 31.5 Å². The van der Waals surface area contributed by atoms with Crippen molar-refractivity contribution in [2.24, 2.45) is 0 Å². The van der Waals surface area contributed by atoms with Gasteiger partial charge in [0.2, 0.25) is 17.6 Å². The molecule has 37 heavy (non-hydrogen) atoms. The number of imidazole rings is 1. The topological polar surface area (TPSA) is 72.5 Å². The second kappa shape index (κ2) is 10.6. The second-order valence-electron chi connectivity index (χ2n) is 8.78. The minimum atomic E-state index is -1.66. The number of amides is 1. The highest BCUT2D eigenvalue weighted by molar-refractivity contribution is 6.02. The number of aromatic nitrogens is 2. The number of carbonyl (C=O) groups excluding carboxylic acids is 1. The van der Waals surface area contributed by atoms with Gasteiger partial charge in [-0.1, -0.05) is 18.6 Å².